The number of piperidine rings is 1. The molecule has 1 saturated carbocycles. The summed E-state index contributed by atoms with van der Waals surface area (Å²) in [6.07, 6.45) is 7.87. The van der Waals surface area contributed by atoms with Crippen LogP contribution >= 0.6 is 0 Å². The summed E-state index contributed by atoms with van der Waals surface area (Å²) < 4.78 is 41.6. The SMILES string of the molecule is CN1C(=CC(=O)c2ccc(C#N)cc2)N(C2[C@H]3CN(S(=O)(=O)c4ccc(F)cc4)C[C@@H]23)C(=O)C1(c1ccncc1)c1ccncc1. The van der Waals surface area contributed by atoms with Crippen LogP contribution in [0.1, 0.15) is 27.0 Å². The van der Waals surface area contributed by atoms with Crippen LogP contribution in [0.15, 0.2) is 114 Å². The predicted molar refractivity (Wildman–Crippen MR) is 163 cm³/mol. The average Bonchev–Trinajstić information content (AvgIpc) is 3.43. The smallest absolute Gasteiger partial charge is 0.263 e. The van der Waals surface area contributed by atoms with Gasteiger partial charge in [0.1, 0.15) is 11.6 Å². The molecular formula is C34H27FN6O4S. The van der Waals surface area contributed by atoms with Crippen LogP contribution in [-0.4, -0.2) is 70.4 Å². The van der Waals surface area contributed by atoms with Crippen molar-refractivity contribution in [1.29, 1.82) is 5.26 Å². The van der Waals surface area contributed by atoms with E-state index < -0.39 is 21.4 Å². The molecule has 1 aliphatic carbocycles. The monoisotopic (exact) mass is 634 g/mol. The third-order valence-corrected chi connectivity index (χ3v) is 11.1. The highest BCUT2D eigenvalue weighted by Gasteiger charge is 2.67. The molecule has 3 fully saturated rings. The Hall–Kier alpha value is -5.25. The molecule has 0 N–H and O–H groups in total. The number of halogens is 1. The van der Waals surface area contributed by atoms with E-state index in [9.17, 15) is 27.7 Å². The van der Waals surface area contributed by atoms with Crippen molar-refractivity contribution >= 4 is 21.7 Å². The van der Waals surface area contributed by atoms with Crippen molar-refractivity contribution in [3.05, 3.63) is 138 Å². The van der Waals surface area contributed by atoms with Gasteiger partial charge in [0.05, 0.1) is 16.5 Å². The topological polar surface area (TPSA) is 128 Å². The molecule has 2 aromatic heterocycles. The number of nitriles is 1. The van der Waals surface area contributed by atoms with Gasteiger partial charge in [0.15, 0.2) is 11.3 Å². The summed E-state index contributed by atoms with van der Waals surface area (Å²) in [5, 5.41) is 9.20. The van der Waals surface area contributed by atoms with Crippen molar-refractivity contribution in [1.82, 2.24) is 24.1 Å². The number of likely N-dealkylation sites (N-methyl/N-ethyl adjacent to an activating group) is 1. The normalized spacial score (nSPS) is 22.9. The molecule has 46 heavy (non-hydrogen) atoms. The van der Waals surface area contributed by atoms with Gasteiger partial charge in [0.2, 0.25) is 10.0 Å². The Balaban J connectivity index is 1.29. The third-order valence-electron chi connectivity index (χ3n) is 9.24. The third kappa shape index (κ3) is 4.50. The molecule has 0 bridgehead atoms. The van der Waals surface area contributed by atoms with Crippen LogP contribution in [0, 0.1) is 29.0 Å². The van der Waals surface area contributed by atoms with Crippen LogP contribution in [-0.2, 0) is 20.4 Å². The largest absolute Gasteiger partial charge is 0.339 e. The second-order valence-electron chi connectivity index (χ2n) is 11.6. The highest BCUT2D eigenvalue weighted by Crippen LogP contribution is 2.56. The van der Waals surface area contributed by atoms with E-state index in [1.807, 2.05) is 6.07 Å². The molecule has 2 saturated heterocycles. The Labute approximate surface area is 265 Å². The molecule has 0 spiro atoms. The van der Waals surface area contributed by atoms with Gasteiger partial charge < -0.3 is 4.90 Å². The van der Waals surface area contributed by atoms with E-state index in [0.717, 1.165) is 12.1 Å². The number of nitrogens with zero attached hydrogens (tertiary/aromatic N) is 6. The summed E-state index contributed by atoms with van der Waals surface area (Å²) in [6, 6.07) is 19.7. The average molecular weight is 635 g/mol. The lowest BCUT2D eigenvalue weighted by molar-refractivity contribution is -0.132. The highest BCUT2D eigenvalue weighted by atomic mass is 32.2. The fraction of sp³-hybridized carbons (Fsp3) is 0.206. The number of sulfonamides is 1. The zero-order chi connectivity index (χ0) is 32.2. The number of amides is 1. The maximum absolute atomic E-state index is 15.0. The van der Waals surface area contributed by atoms with Gasteiger partial charge in [-0.1, -0.05) is 0 Å². The minimum Gasteiger partial charge on any atom is -0.339 e. The van der Waals surface area contributed by atoms with Crippen molar-refractivity contribution in [2.75, 3.05) is 20.1 Å². The number of aromatic nitrogens is 2. The maximum Gasteiger partial charge on any atom is 0.263 e. The Morgan fingerprint density at radius 2 is 1.46 bits per heavy atom. The van der Waals surface area contributed by atoms with Gasteiger partial charge in [-0.25, -0.2) is 12.8 Å². The summed E-state index contributed by atoms with van der Waals surface area (Å²) in [6.45, 7) is 0.355. The number of carbonyl (C=O) groups is 2. The second kappa shape index (κ2) is 11.0. The molecule has 1 amide bonds. The van der Waals surface area contributed by atoms with E-state index in [-0.39, 0.29) is 47.6 Å². The number of hydrogen-bond donors (Lipinski definition) is 0. The number of rotatable bonds is 7. The molecular weight excluding hydrogens is 607 g/mol. The van der Waals surface area contributed by atoms with Crippen LogP contribution < -0.4 is 0 Å². The van der Waals surface area contributed by atoms with Crippen molar-refractivity contribution in [2.45, 2.75) is 16.5 Å². The van der Waals surface area contributed by atoms with Crippen LogP contribution in [0.4, 0.5) is 4.39 Å². The first-order chi connectivity index (χ1) is 22.2. The summed E-state index contributed by atoms with van der Waals surface area (Å²) >= 11 is 0. The minimum atomic E-state index is -3.87. The van der Waals surface area contributed by atoms with Crippen molar-refractivity contribution in [2.24, 2.45) is 11.8 Å². The Morgan fingerprint density at radius 1 is 0.913 bits per heavy atom. The van der Waals surface area contributed by atoms with Crippen molar-refractivity contribution in [3.8, 4) is 6.07 Å². The Kier molecular flexibility index (Phi) is 7.03. The Morgan fingerprint density at radius 3 is 1.98 bits per heavy atom. The molecule has 3 atom stereocenters. The van der Waals surface area contributed by atoms with Gasteiger partial charge in [-0.05, 0) is 83.9 Å². The zero-order valence-corrected chi connectivity index (χ0v) is 25.4. The molecule has 2 aromatic carbocycles. The summed E-state index contributed by atoms with van der Waals surface area (Å²) in [4.78, 5) is 40.4. The van der Waals surface area contributed by atoms with E-state index in [1.165, 1.54) is 22.5 Å². The number of fused-ring (bicyclic) bond motifs is 1. The lowest BCUT2D eigenvalue weighted by atomic mass is 9.82. The van der Waals surface area contributed by atoms with Crippen molar-refractivity contribution < 1.29 is 22.4 Å². The molecule has 1 unspecified atom stereocenters. The van der Waals surface area contributed by atoms with Crippen LogP contribution in [0.2, 0.25) is 0 Å². The van der Waals surface area contributed by atoms with E-state index in [4.69, 9.17) is 0 Å². The highest BCUT2D eigenvalue weighted by molar-refractivity contribution is 7.89. The van der Waals surface area contributed by atoms with Gasteiger partial charge in [-0.2, -0.15) is 9.57 Å². The fourth-order valence-electron chi connectivity index (χ4n) is 6.90. The fourth-order valence-corrected chi connectivity index (χ4v) is 8.41. The molecule has 7 rings (SSSR count). The first-order valence-corrected chi connectivity index (χ1v) is 16.0. The van der Waals surface area contributed by atoms with Crippen LogP contribution in [0.25, 0.3) is 0 Å². The minimum absolute atomic E-state index is 0.00622. The zero-order valence-electron chi connectivity index (χ0n) is 24.6. The van der Waals surface area contributed by atoms with Gasteiger partial charge in [0, 0.05) is 74.4 Å². The Bertz CT molecular complexity index is 1960. The van der Waals surface area contributed by atoms with E-state index >= 15 is 0 Å². The van der Waals surface area contributed by atoms with Gasteiger partial charge in [-0.15, -0.1) is 0 Å². The van der Waals surface area contributed by atoms with Gasteiger partial charge >= 0.3 is 0 Å². The summed E-state index contributed by atoms with van der Waals surface area (Å²) in [5.41, 5.74) is 0.697. The van der Waals surface area contributed by atoms with E-state index in [0.29, 0.717) is 28.1 Å². The quantitative estimate of drug-likeness (QED) is 0.223. The second-order valence-corrected chi connectivity index (χ2v) is 13.5. The number of carbonyl (C=O) groups excluding carboxylic acids is 2. The molecule has 4 aromatic rings. The molecule has 230 valence electrons. The van der Waals surface area contributed by atoms with Crippen LogP contribution in [0.3, 0.4) is 0 Å². The number of pyridine rings is 2. The van der Waals surface area contributed by atoms with E-state index in [1.54, 1.807) is 90.2 Å². The predicted octanol–water partition coefficient (Wildman–Crippen LogP) is 3.55. The summed E-state index contributed by atoms with van der Waals surface area (Å²) in [5.74, 6) is -1.13. The summed E-state index contributed by atoms with van der Waals surface area (Å²) in [7, 11) is -2.10. The molecule has 4 heterocycles. The van der Waals surface area contributed by atoms with Crippen molar-refractivity contribution in [3.63, 3.8) is 0 Å². The standard InChI is InChI=1S/C34H27FN6O4S/c1-39-31(18-30(42)23-4-2-22(19-36)3-5-23)41(33(43)34(39,24-10-14-37-15-11-24)25-12-16-38-17-13-25)32-28-20-40(21-29(28)32)46(44,45)27-8-6-26(35)7-9-27/h2-18,28-29,32H,20-21H2,1H3/t28-,29+,32?. The van der Waals surface area contributed by atoms with Gasteiger partial charge in [0.25, 0.3) is 5.91 Å². The lowest BCUT2D eigenvalue weighted by Crippen LogP contribution is -2.46. The molecule has 2 aliphatic heterocycles. The number of benzene rings is 2. The van der Waals surface area contributed by atoms with Crippen LogP contribution in [0.5, 0.6) is 0 Å². The first kappa shape index (κ1) is 29.5. The molecule has 10 nitrogen and oxygen atoms in total. The number of allylic oxidation sites excluding steroid dienone is 1. The number of ketones is 1. The molecule has 0 radical (unpaired) electrons. The first-order valence-electron chi connectivity index (χ1n) is 14.6. The maximum atomic E-state index is 15.0. The van der Waals surface area contributed by atoms with Gasteiger partial charge in [-0.3, -0.25) is 24.5 Å². The lowest BCUT2D eigenvalue weighted by Gasteiger charge is -2.35. The molecule has 3 aliphatic rings. The van der Waals surface area contributed by atoms with E-state index in [2.05, 4.69) is 9.97 Å². The molecule has 12 heteroatoms. The number of hydrogen-bond acceptors (Lipinski definition) is 8.